The zero-order valence-corrected chi connectivity index (χ0v) is 18.7. The van der Waals surface area contributed by atoms with Crippen molar-refractivity contribution in [2.45, 2.75) is 52.5 Å². The third-order valence-electron chi connectivity index (χ3n) is 6.32. The van der Waals surface area contributed by atoms with Gasteiger partial charge in [0.15, 0.2) is 0 Å². The Morgan fingerprint density at radius 2 is 1.83 bits per heavy atom. The summed E-state index contributed by atoms with van der Waals surface area (Å²) in [7, 11) is 1.72. The molecule has 9 heteroatoms. The lowest BCUT2D eigenvalue weighted by atomic mass is 10.1. The number of aliphatic imine (C=N–C) groups is 1. The topological polar surface area (TPSA) is 74.8 Å². The molecule has 0 aliphatic carbocycles. The van der Waals surface area contributed by atoms with Crippen LogP contribution in [-0.4, -0.2) is 106 Å². The molecule has 0 saturated carbocycles. The van der Waals surface area contributed by atoms with Crippen molar-refractivity contribution < 1.29 is 14.2 Å². The quantitative estimate of drug-likeness (QED) is 0.611. The molecule has 0 N–H and O–H groups in total. The van der Waals surface area contributed by atoms with Crippen molar-refractivity contribution in [3.8, 4) is 0 Å². The van der Waals surface area contributed by atoms with Gasteiger partial charge >= 0.3 is 12.0 Å². The molecule has 0 aromatic carbocycles. The van der Waals surface area contributed by atoms with Gasteiger partial charge in [-0.1, -0.05) is 25.3 Å². The molecule has 4 heterocycles. The summed E-state index contributed by atoms with van der Waals surface area (Å²) in [6.45, 7) is 11.1. The van der Waals surface area contributed by atoms with E-state index in [1.54, 1.807) is 7.05 Å². The molecule has 0 bridgehead atoms. The number of carbonyl (C=O) groups excluding carboxylic acids is 2. The van der Waals surface area contributed by atoms with Gasteiger partial charge in [0.25, 0.3) is 5.91 Å². The summed E-state index contributed by atoms with van der Waals surface area (Å²) in [4.78, 5) is 36.3. The van der Waals surface area contributed by atoms with Gasteiger partial charge in [0.05, 0.1) is 5.71 Å². The van der Waals surface area contributed by atoms with E-state index in [0.29, 0.717) is 30.8 Å². The number of hydrogen-bond donors (Lipinski definition) is 0. The van der Waals surface area contributed by atoms with E-state index in [1.807, 2.05) is 16.5 Å². The van der Waals surface area contributed by atoms with Crippen LogP contribution in [0.2, 0.25) is 0 Å². The highest BCUT2D eigenvalue weighted by Crippen LogP contribution is 2.23. The number of nitrogens with zero attached hydrogens (tertiary/aromatic N) is 7. The predicted molar refractivity (Wildman–Crippen MR) is 116 cm³/mol. The highest BCUT2D eigenvalue weighted by Gasteiger charge is 2.54. The van der Waals surface area contributed by atoms with Gasteiger partial charge in [0.1, 0.15) is 13.1 Å². The number of likely N-dealkylation sites (N-methyl/N-ethyl adjacent to an activating group) is 1. The van der Waals surface area contributed by atoms with Crippen molar-refractivity contribution in [1.29, 1.82) is 0 Å². The number of carbonyl (C=O) groups is 2. The van der Waals surface area contributed by atoms with Crippen LogP contribution >= 0.6 is 0 Å². The molecule has 164 valence electrons. The molecule has 0 aromatic rings. The minimum absolute atomic E-state index is 0.168. The van der Waals surface area contributed by atoms with E-state index in [9.17, 15) is 9.59 Å². The number of likely N-dealkylation sites (tertiary alicyclic amines) is 1. The maximum atomic E-state index is 13.3. The number of rotatable bonds is 6. The second-order valence-electron chi connectivity index (χ2n) is 9.18. The molecule has 9 nitrogen and oxygen atoms in total. The van der Waals surface area contributed by atoms with Crippen molar-refractivity contribution >= 4 is 29.4 Å². The maximum Gasteiger partial charge on any atom is 0.416 e. The van der Waals surface area contributed by atoms with E-state index in [-0.39, 0.29) is 11.9 Å². The molecule has 1 unspecified atom stereocenters. The van der Waals surface area contributed by atoms with Gasteiger partial charge in [0, 0.05) is 20.1 Å². The molecular formula is C21H34N7O2+. The molecule has 2 saturated heterocycles. The van der Waals surface area contributed by atoms with E-state index in [4.69, 9.17) is 10.1 Å². The number of piperidine rings is 1. The lowest BCUT2D eigenvalue weighted by Gasteiger charge is -2.34. The first kappa shape index (κ1) is 21.0. The van der Waals surface area contributed by atoms with Crippen LogP contribution in [0.3, 0.4) is 0 Å². The number of amidine groups is 1. The van der Waals surface area contributed by atoms with Gasteiger partial charge in [0.2, 0.25) is 11.9 Å². The third kappa shape index (κ3) is 3.87. The molecule has 2 fully saturated rings. The monoisotopic (exact) mass is 416 g/mol. The van der Waals surface area contributed by atoms with Crippen LogP contribution in [0, 0.1) is 5.92 Å². The van der Waals surface area contributed by atoms with Gasteiger partial charge in [-0.15, -0.1) is 10.1 Å². The first-order valence-electron chi connectivity index (χ1n) is 11.2. The summed E-state index contributed by atoms with van der Waals surface area (Å²) in [5, 5.41) is 6.64. The summed E-state index contributed by atoms with van der Waals surface area (Å²) >= 11 is 0. The molecule has 30 heavy (non-hydrogen) atoms. The Morgan fingerprint density at radius 3 is 2.53 bits per heavy atom. The Kier molecular flexibility index (Phi) is 5.90. The lowest BCUT2D eigenvalue weighted by Crippen LogP contribution is -2.63. The molecule has 4 aliphatic heterocycles. The Hall–Kier alpha value is -2.29. The van der Waals surface area contributed by atoms with E-state index >= 15 is 0 Å². The van der Waals surface area contributed by atoms with Crippen molar-refractivity contribution in [3.63, 3.8) is 0 Å². The number of urea groups is 1. The first-order chi connectivity index (χ1) is 14.4. The molecule has 1 atom stereocenters. The summed E-state index contributed by atoms with van der Waals surface area (Å²) in [5.41, 5.74) is 0.954. The fraction of sp³-hybridized carbons (Fsp3) is 0.762. The largest absolute Gasteiger partial charge is 0.416 e. The highest BCUT2D eigenvalue weighted by atomic mass is 16.2. The van der Waals surface area contributed by atoms with Crippen LogP contribution in [-0.2, 0) is 4.79 Å². The summed E-state index contributed by atoms with van der Waals surface area (Å²) in [6, 6.07) is -0.827. The number of hydrogen-bond acceptors (Lipinski definition) is 6. The normalized spacial score (nSPS) is 25.1. The van der Waals surface area contributed by atoms with E-state index in [2.05, 4.69) is 18.7 Å². The number of amides is 3. The number of imide groups is 1. The van der Waals surface area contributed by atoms with Crippen molar-refractivity contribution in [3.05, 3.63) is 0 Å². The van der Waals surface area contributed by atoms with Gasteiger partial charge in [-0.3, -0.25) is 14.6 Å². The average molecular weight is 417 g/mol. The minimum atomic E-state index is -0.544. The van der Waals surface area contributed by atoms with Crippen LogP contribution in [0.4, 0.5) is 4.79 Å². The minimum Gasteiger partial charge on any atom is -0.300 e. The van der Waals surface area contributed by atoms with Crippen molar-refractivity contribution in [2.75, 3.05) is 46.3 Å². The van der Waals surface area contributed by atoms with Crippen LogP contribution in [0.15, 0.2) is 10.1 Å². The summed E-state index contributed by atoms with van der Waals surface area (Å²) < 4.78 is 2.02. The molecule has 4 aliphatic rings. The van der Waals surface area contributed by atoms with Gasteiger partial charge in [-0.2, -0.15) is 0 Å². The predicted octanol–water partition coefficient (Wildman–Crippen LogP) is 1.25. The Morgan fingerprint density at radius 1 is 1.10 bits per heavy atom. The van der Waals surface area contributed by atoms with Crippen LogP contribution in [0.25, 0.3) is 0 Å². The molecular weight excluding hydrogens is 382 g/mol. The third-order valence-corrected chi connectivity index (χ3v) is 6.32. The standard InChI is InChI=1S/C21H34N7O2/c1-15(2)8-11-26-19(29)17-18(24(4)21(26)30)22-20-27(17)14-16(3)23-28(20)13-12-25-9-6-5-7-10-25/h15,17H,5-14H2,1-4H3/q+1. The van der Waals surface area contributed by atoms with Crippen molar-refractivity contribution in [1.82, 2.24) is 19.7 Å². The highest BCUT2D eigenvalue weighted by molar-refractivity contribution is 6.23. The molecule has 0 aromatic heterocycles. The zero-order chi connectivity index (χ0) is 21.4. The van der Waals surface area contributed by atoms with Crippen LogP contribution in [0.5, 0.6) is 0 Å². The van der Waals surface area contributed by atoms with E-state index in [0.717, 1.165) is 38.3 Å². The second kappa shape index (κ2) is 8.45. The zero-order valence-electron chi connectivity index (χ0n) is 18.7. The van der Waals surface area contributed by atoms with Gasteiger partial charge in [-0.25, -0.2) is 9.37 Å². The van der Waals surface area contributed by atoms with Crippen molar-refractivity contribution in [2.24, 2.45) is 16.0 Å². The smallest absolute Gasteiger partial charge is 0.300 e. The summed E-state index contributed by atoms with van der Waals surface area (Å²) in [6.07, 6.45) is 4.61. The molecule has 4 rings (SSSR count). The van der Waals surface area contributed by atoms with E-state index < -0.39 is 6.04 Å². The fourth-order valence-corrected chi connectivity index (χ4v) is 4.56. The van der Waals surface area contributed by atoms with Crippen LogP contribution in [0.1, 0.15) is 46.5 Å². The molecule has 0 spiro atoms. The maximum absolute atomic E-state index is 13.3. The number of guanidine groups is 1. The molecule has 0 radical (unpaired) electrons. The van der Waals surface area contributed by atoms with Gasteiger partial charge < -0.3 is 4.90 Å². The number of hydrazone groups is 1. The average Bonchev–Trinajstić information content (AvgIpc) is 3.10. The summed E-state index contributed by atoms with van der Waals surface area (Å²) in [5.74, 6) is 1.47. The van der Waals surface area contributed by atoms with E-state index in [1.165, 1.54) is 29.1 Å². The van der Waals surface area contributed by atoms with Crippen LogP contribution < -0.4 is 0 Å². The fourth-order valence-electron chi connectivity index (χ4n) is 4.56. The Labute approximate surface area is 178 Å². The Balaban J connectivity index is 1.55. The second-order valence-corrected chi connectivity index (χ2v) is 9.18. The number of fused-ring (bicyclic) bond motifs is 2. The Bertz CT molecular complexity index is 810. The van der Waals surface area contributed by atoms with Gasteiger partial charge in [-0.05, 0) is 45.2 Å². The lowest BCUT2D eigenvalue weighted by molar-refractivity contribution is -0.527. The molecule has 3 amide bonds. The SMILES string of the molecule is CC1=NN(CCN2CCCCC2)C2=[N+](C1)C1C(=O)N(CCC(C)C)C(=O)N(C)C1=N2. The first-order valence-corrected chi connectivity index (χ1v) is 11.2.